The van der Waals surface area contributed by atoms with Crippen LogP contribution in [0.4, 0.5) is 11.4 Å². The second kappa shape index (κ2) is 15.1. The van der Waals surface area contributed by atoms with E-state index in [2.05, 4.69) is 242 Å². The van der Waals surface area contributed by atoms with Gasteiger partial charge in [0.2, 0.25) is 0 Å². The first kappa shape index (κ1) is 44.1. The summed E-state index contributed by atoms with van der Waals surface area (Å²) < 4.78 is 15.3. The highest BCUT2D eigenvalue weighted by Gasteiger charge is 2.46. The number of benzene rings is 9. The van der Waals surface area contributed by atoms with Crippen LogP contribution >= 0.6 is 22.7 Å². The van der Waals surface area contributed by atoms with Gasteiger partial charge in [-0.1, -0.05) is 172 Å². The topological polar surface area (TPSA) is 21.3 Å². The van der Waals surface area contributed by atoms with Gasteiger partial charge in [0.1, 0.15) is 11.3 Å². The minimum absolute atomic E-state index is 0.0000437. The van der Waals surface area contributed by atoms with Gasteiger partial charge in [0.25, 0.3) is 0 Å². The van der Waals surface area contributed by atoms with Crippen molar-refractivity contribution in [1.82, 2.24) is 4.57 Å². The Hall–Kier alpha value is -7.38. The highest BCUT2D eigenvalue weighted by Crippen LogP contribution is 2.55. The molecule has 0 saturated heterocycles. The third kappa shape index (κ3) is 6.19. The van der Waals surface area contributed by atoms with Crippen LogP contribution in [-0.4, -0.2) is 11.4 Å². The van der Waals surface area contributed by atoms with Gasteiger partial charge in [-0.05, 0) is 116 Å². The molecule has 2 aliphatic heterocycles. The van der Waals surface area contributed by atoms with Crippen LogP contribution in [-0.2, 0) is 16.2 Å². The number of fused-ring (bicyclic) bond motifs is 17. The molecule has 0 aliphatic carbocycles. The molecule has 0 saturated carbocycles. The van der Waals surface area contributed by atoms with Crippen molar-refractivity contribution in [2.24, 2.45) is 0 Å². The molecule has 74 heavy (non-hydrogen) atoms. The first-order valence-corrected chi connectivity index (χ1v) is 27.8. The highest BCUT2D eigenvalue weighted by molar-refractivity contribution is 7.27. The number of aromatic nitrogens is 1. The first-order chi connectivity index (χ1) is 35.6. The third-order valence-corrected chi connectivity index (χ3v) is 18.7. The minimum atomic E-state index is -0.202. The molecular weight excluding hydrogens is 936 g/mol. The summed E-state index contributed by atoms with van der Waals surface area (Å²) in [5, 5.41) is 9.08. The Morgan fingerprint density at radius 3 is 1.84 bits per heavy atom. The molecule has 0 unspecified atom stereocenters. The molecule has 6 heterocycles. The number of anilines is 2. The zero-order valence-electron chi connectivity index (χ0n) is 43.4. The number of hydrogen-bond donors (Lipinski definition) is 0. The number of nitrogens with zero attached hydrogens (tertiary/aromatic N) is 2. The van der Waals surface area contributed by atoms with Gasteiger partial charge in [0.15, 0.2) is 0 Å². The number of furan rings is 1. The van der Waals surface area contributed by atoms with Crippen molar-refractivity contribution in [3.05, 3.63) is 187 Å². The van der Waals surface area contributed by atoms with Gasteiger partial charge >= 0.3 is 6.85 Å². The summed E-state index contributed by atoms with van der Waals surface area (Å²) >= 11 is 3.89. The fraction of sp³-hybridized carbons (Fsp3) is 0.176. The van der Waals surface area contributed by atoms with Gasteiger partial charge in [-0.25, -0.2) is 0 Å². The Labute approximate surface area is 440 Å². The fourth-order valence-electron chi connectivity index (χ4n) is 12.7. The van der Waals surface area contributed by atoms with Gasteiger partial charge in [-0.2, -0.15) is 0 Å². The lowest BCUT2D eigenvalue weighted by molar-refractivity contribution is 0.590. The molecule has 358 valence electrons. The van der Waals surface area contributed by atoms with Gasteiger partial charge in [0, 0.05) is 90.3 Å². The van der Waals surface area contributed by atoms with Gasteiger partial charge < -0.3 is 13.8 Å². The Morgan fingerprint density at radius 2 is 1.11 bits per heavy atom. The predicted octanol–water partition coefficient (Wildman–Crippen LogP) is 18.7. The van der Waals surface area contributed by atoms with E-state index in [4.69, 9.17) is 4.42 Å². The summed E-state index contributed by atoms with van der Waals surface area (Å²) in [5.74, 6) is 0.891. The molecule has 0 bridgehead atoms. The van der Waals surface area contributed by atoms with Crippen molar-refractivity contribution in [3.63, 3.8) is 0 Å². The van der Waals surface area contributed by atoms with E-state index in [9.17, 15) is 0 Å². The average Bonchev–Trinajstić information content (AvgIpc) is 4.16. The van der Waals surface area contributed by atoms with Crippen LogP contribution in [0.25, 0.3) is 112 Å². The quantitative estimate of drug-likeness (QED) is 0.165. The molecule has 2 aliphatic rings. The van der Waals surface area contributed by atoms with Crippen molar-refractivity contribution in [1.29, 1.82) is 0 Å². The van der Waals surface area contributed by atoms with Gasteiger partial charge in [0.05, 0.1) is 11.0 Å². The Morgan fingerprint density at radius 1 is 0.459 bits per heavy atom. The Kier molecular flexibility index (Phi) is 9.02. The molecule has 6 heteroatoms. The van der Waals surface area contributed by atoms with Crippen LogP contribution in [0.2, 0.25) is 0 Å². The zero-order valence-corrected chi connectivity index (χ0v) is 45.0. The molecular formula is C68H55BN2OS2. The van der Waals surface area contributed by atoms with Crippen molar-refractivity contribution in [3.8, 4) is 39.3 Å². The highest BCUT2D eigenvalue weighted by atomic mass is 32.1. The minimum Gasteiger partial charge on any atom is -0.455 e. The van der Waals surface area contributed by atoms with Crippen LogP contribution < -0.4 is 15.7 Å². The monoisotopic (exact) mass is 990 g/mol. The van der Waals surface area contributed by atoms with Crippen LogP contribution in [0.5, 0.6) is 0 Å². The van der Waals surface area contributed by atoms with Gasteiger partial charge in [-0.15, -0.1) is 22.7 Å². The molecule has 3 nitrogen and oxygen atoms in total. The molecule has 0 fully saturated rings. The average molecular weight is 991 g/mol. The summed E-state index contributed by atoms with van der Waals surface area (Å²) in [6.45, 7) is 20.7. The molecule has 15 rings (SSSR count). The zero-order chi connectivity index (χ0) is 50.3. The second-order valence-electron chi connectivity index (χ2n) is 24.1. The van der Waals surface area contributed by atoms with E-state index in [-0.39, 0.29) is 23.1 Å². The second-order valence-corrected chi connectivity index (χ2v) is 26.2. The number of rotatable bonds is 3. The summed E-state index contributed by atoms with van der Waals surface area (Å²) in [4.78, 5) is 2.71. The maximum atomic E-state index is 7.31. The first-order valence-electron chi connectivity index (χ1n) is 26.2. The molecule has 13 aromatic rings. The SMILES string of the molecule is CC(C)(C)c1ccc(N2B3c4cc5oc(-c6ccccc6)c(-c6ccccc6)c5cc4-n4c5ccc(C(C)(C)C)cc5c5c6sc7ccccc7c6c(c3c54)-c3cc4c(cc32)sc2cc(C(C)(C)C)ccc24)cc1. The standard InChI is InChI=1S/C68H55BN2OS2/c1-66(2,3)40-24-28-43(29-25-40)71-52-37-57-46(44-30-26-42(68(7,8)9)33-56(44)73-57)34-48(52)59-60-45-22-16-17-23-55(45)74-65(60)61-47-32-41(67(4,5)6)27-31-51(47)70-53-35-49-54(36-50(53)69(71)62(59)63(61)70)72-64(39-20-14-11-15-21-39)58(49)38-18-12-10-13-19-38/h10-37H,1-9H3. The van der Waals surface area contributed by atoms with Crippen molar-refractivity contribution in [2.45, 2.75) is 78.6 Å². The van der Waals surface area contributed by atoms with E-state index in [0.29, 0.717) is 0 Å². The largest absolute Gasteiger partial charge is 0.455 e. The molecule has 9 aromatic carbocycles. The lowest BCUT2D eigenvalue weighted by Gasteiger charge is -2.42. The lowest BCUT2D eigenvalue weighted by Crippen LogP contribution is -2.60. The van der Waals surface area contributed by atoms with Crippen LogP contribution in [0.15, 0.2) is 174 Å². The van der Waals surface area contributed by atoms with E-state index in [1.807, 2.05) is 22.7 Å². The normalized spacial score (nSPS) is 13.7. The molecule has 0 spiro atoms. The molecule has 0 radical (unpaired) electrons. The molecule has 0 amide bonds. The van der Waals surface area contributed by atoms with E-state index in [1.54, 1.807) is 0 Å². The lowest BCUT2D eigenvalue weighted by atomic mass is 9.43. The smallest absolute Gasteiger partial charge is 0.333 e. The molecule has 0 atom stereocenters. The number of hydrogen-bond acceptors (Lipinski definition) is 4. The maximum Gasteiger partial charge on any atom is 0.333 e. The maximum absolute atomic E-state index is 7.31. The molecule has 4 aromatic heterocycles. The summed E-state index contributed by atoms with van der Waals surface area (Å²) in [5.41, 5.74) is 19.6. The Bertz CT molecular complexity index is 4530. The molecule has 0 N–H and O–H groups in total. The van der Waals surface area contributed by atoms with E-state index in [1.165, 1.54) is 118 Å². The van der Waals surface area contributed by atoms with Crippen molar-refractivity contribution in [2.75, 3.05) is 4.81 Å². The summed E-state index contributed by atoms with van der Waals surface area (Å²) in [7, 11) is 0. The van der Waals surface area contributed by atoms with Gasteiger partial charge in [-0.3, -0.25) is 0 Å². The van der Waals surface area contributed by atoms with Crippen LogP contribution in [0, 0.1) is 0 Å². The van der Waals surface area contributed by atoms with E-state index >= 15 is 0 Å². The Balaban J connectivity index is 1.16. The third-order valence-electron chi connectivity index (χ3n) is 16.4. The van der Waals surface area contributed by atoms with Crippen LogP contribution in [0.3, 0.4) is 0 Å². The van der Waals surface area contributed by atoms with E-state index < -0.39 is 0 Å². The fourth-order valence-corrected chi connectivity index (χ4v) is 15.1. The predicted molar refractivity (Wildman–Crippen MR) is 322 cm³/mol. The van der Waals surface area contributed by atoms with Crippen molar-refractivity contribution >= 4 is 125 Å². The summed E-state index contributed by atoms with van der Waals surface area (Å²) in [6, 6.07) is 64.7. The van der Waals surface area contributed by atoms with Crippen LogP contribution in [0.1, 0.15) is 79.0 Å². The van der Waals surface area contributed by atoms with Crippen molar-refractivity contribution < 1.29 is 4.42 Å². The van der Waals surface area contributed by atoms with E-state index in [0.717, 1.165) is 33.4 Å². The number of thiophene rings is 2. The summed E-state index contributed by atoms with van der Waals surface area (Å²) in [6.07, 6.45) is 0.